The summed E-state index contributed by atoms with van der Waals surface area (Å²) in [5, 5.41) is 9.41. The zero-order valence-corrected chi connectivity index (χ0v) is 11.5. The molecular formula is C13H22N4O2. The van der Waals surface area contributed by atoms with Gasteiger partial charge in [-0.1, -0.05) is 13.8 Å². The Balaban J connectivity index is 1.97. The lowest BCUT2D eigenvalue weighted by atomic mass is 9.86. The highest BCUT2D eigenvalue weighted by Crippen LogP contribution is 2.31. The maximum Gasteiger partial charge on any atom is 0.269 e. The van der Waals surface area contributed by atoms with Crippen molar-refractivity contribution in [1.82, 2.24) is 15.5 Å². The summed E-state index contributed by atoms with van der Waals surface area (Å²) in [5.74, 6) is 0.172. The van der Waals surface area contributed by atoms with Crippen molar-refractivity contribution in [2.24, 2.45) is 0 Å². The van der Waals surface area contributed by atoms with Crippen molar-refractivity contribution in [2.45, 2.75) is 51.2 Å². The predicted molar refractivity (Wildman–Crippen MR) is 72.8 cm³/mol. The number of nitrogen functional groups attached to an aromatic ring is 1. The van der Waals surface area contributed by atoms with Crippen molar-refractivity contribution in [3.63, 3.8) is 0 Å². The molecule has 1 aliphatic rings. The summed E-state index contributed by atoms with van der Waals surface area (Å²) in [6.07, 6.45) is 3.63. The molecule has 0 aromatic carbocycles. The van der Waals surface area contributed by atoms with E-state index >= 15 is 0 Å². The van der Waals surface area contributed by atoms with Gasteiger partial charge in [0.05, 0.1) is 5.60 Å². The molecule has 1 fully saturated rings. The molecule has 1 unspecified atom stereocenters. The maximum absolute atomic E-state index is 12.0. The van der Waals surface area contributed by atoms with E-state index in [1.165, 1.54) is 0 Å². The van der Waals surface area contributed by atoms with Gasteiger partial charge in [-0.3, -0.25) is 9.89 Å². The molecule has 1 aliphatic heterocycles. The third kappa shape index (κ3) is 3.07. The van der Waals surface area contributed by atoms with Crippen molar-refractivity contribution in [3.8, 4) is 0 Å². The zero-order valence-electron chi connectivity index (χ0n) is 11.5. The van der Waals surface area contributed by atoms with Crippen LogP contribution in [0.25, 0.3) is 0 Å². The van der Waals surface area contributed by atoms with Crippen LogP contribution >= 0.6 is 0 Å². The molecule has 0 radical (unpaired) electrons. The summed E-state index contributed by atoms with van der Waals surface area (Å²) in [5.41, 5.74) is 5.80. The molecular weight excluding hydrogens is 244 g/mol. The molecule has 0 saturated carbocycles. The number of ether oxygens (including phenoxy) is 1. The van der Waals surface area contributed by atoms with Gasteiger partial charge in [-0.05, 0) is 25.7 Å². The molecule has 106 valence electrons. The molecule has 6 nitrogen and oxygen atoms in total. The van der Waals surface area contributed by atoms with Crippen molar-refractivity contribution >= 4 is 11.7 Å². The number of aromatic nitrogens is 2. The monoisotopic (exact) mass is 266 g/mol. The van der Waals surface area contributed by atoms with Gasteiger partial charge >= 0.3 is 0 Å². The Hall–Kier alpha value is -1.56. The first-order chi connectivity index (χ1) is 9.08. The van der Waals surface area contributed by atoms with Crippen LogP contribution in [0.3, 0.4) is 0 Å². The number of amides is 1. The molecule has 1 aromatic heterocycles. The molecule has 1 atom stereocenters. The van der Waals surface area contributed by atoms with Crippen LogP contribution in [0.4, 0.5) is 5.82 Å². The molecule has 0 spiro atoms. The van der Waals surface area contributed by atoms with E-state index in [1.54, 1.807) is 6.07 Å². The van der Waals surface area contributed by atoms with Crippen LogP contribution in [0.1, 0.15) is 50.0 Å². The minimum absolute atomic E-state index is 0.0940. The number of hydrogen-bond acceptors (Lipinski definition) is 4. The van der Waals surface area contributed by atoms with Crippen molar-refractivity contribution in [2.75, 3.05) is 12.3 Å². The average molecular weight is 266 g/mol. The number of rotatable bonds is 4. The van der Waals surface area contributed by atoms with Crippen LogP contribution in [-0.4, -0.2) is 34.4 Å². The number of H-pyrrole nitrogens is 1. The van der Waals surface area contributed by atoms with Gasteiger partial charge in [-0.25, -0.2) is 0 Å². The standard InChI is InChI=1S/C13H22N4O2/c1-3-13(4-2)8-9(5-6-19-13)15-12(18)10-7-11(14)17-16-10/h7,9H,3-6,8H2,1-2H3,(H,15,18)(H3,14,16,17). The molecule has 1 saturated heterocycles. The van der Waals surface area contributed by atoms with Crippen molar-refractivity contribution in [3.05, 3.63) is 11.8 Å². The van der Waals surface area contributed by atoms with E-state index in [1.807, 2.05) is 0 Å². The number of carbonyl (C=O) groups excluding carboxylic acids is 1. The van der Waals surface area contributed by atoms with E-state index in [0.717, 1.165) is 25.7 Å². The van der Waals surface area contributed by atoms with Gasteiger partial charge in [0.1, 0.15) is 11.5 Å². The minimum atomic E-state index is -0.155. The molecule has 19 heavy (non-hydrogen) atoms. The predicted octanol–water partition coefficient (Wildman–Crippen LogP) is 1.46. The fraction of sp³-hybridized carbons (Fsp3) is 0.692. The Morgan fingerprint density at radius 2 is 2.37 bits per heavy atom. The number of carbonyl (C=O) groups is 1. The Labute approximate surface area is 113 Å². The lowest BCUT2D eigenvalue weighted by molar-refractivity contribution is -0.0917. The van der Waals surface area contributed by atoms with E-state index in [-0.39, 0.29) is 17.6 Å². The van der Waals surface area contributed by atoms with Gasteiger partial charge in [0, 0.05) is 18.7 Å². The molecule has 2 heterocycles. The van der Waals surface area contributed by atoms with Gasteiger partial charge in [0.25, 0.3) is 5.91 Å². The largest absolute Gasteiger partial charge is 0.382 e. The van der Waals surface area contributed by atoms with Crippen LogP contribution in [0.5, 0.6) is 0 Å². The quantitative estimate of drug-likeness (QED) is 0.769. The van der Waals surface area contributed by atoms with Crippen molar-refractivity contribution in [1.29, 1.82) is 0 Å². The number of anilines is 1. The highest BCUT2D eigenvalue weighted by molar-refractivity contribution is 5.93. The number of nitrogens with two attached hydrogens (primary N) is 1. The molecule has 0 aliphatic carbocycles. The number of nitrogens with zero attached hydrogens (tertiary/aromatic N) is 1. The van der Waals surface area contributed by atoms with E-state index in [0.29, 0.717) is 18.1 Å². The van der Waals surface area contributed by atoms with Crippen LogP contribution in [0, 0.1) is 0 Å². The van der Waals surface area contributed by atoms with Gasteiger partial charge in [0.15, 0.2) is 0 Å². The highest BCUT2D eigenvalue weighted by atomic mass is 16.5. The number of hydrogen-bond donors (Lipinski definition) is 3. The van der Waals surface area contributed by atoms with Crippen LogP contribution in [0.2, 0.25) is 0 Å². The highest BCUT2D eigenvalue weighted by Gasteiger charge is 2.35. The summed E-state index contributed by atoms with van der Waals surface area (Å²) in [7, 11) is 0. The van der Waals surface area contributed by atoms with E-state index in [9.17, 15) is 4.79 Å². The number of nitrogens with one attached hydrogen (secondary N) is 2. The van der Waals surface area contributed by atoms with Crippen LogP contribution < -0.4 is 11.1 Å². The first kappa shape index (κ1) is 13.9. The lowest BCUT2D eigenvalue weighted by Gasteiger charge is -2.40. The molecule has 4 N–H and O–H groups in total. The van der Waals surface area contributed by atoms with Gasteiger partial charge < -0.3 is 15.8 Å². The average Bonchev–Trinajstić information content (AvgIpc) is 2.85. The third-order valence-corrected chi connectivity index (χ3v) is 3.96. The zero-order chi connectivity index (χ0) is 13.9. The Morgan fingerprint density at radius 3 is 2.95 bits per heavy atom. The van der Waals surface area contributed by atoms with E-state index in [4.69, 9.17) is 10.5 Å². The second-order valence-electron chi connectivity index (χ2n) is 5.11. The first-order valence-corrected chi connectivity index (χ1v) is 6.84. The fourth-order valence-corrected chi connectivity index (χ4v) is 2.61. The summed E-state index contributed by atoms with van der Waals surface area (Å²) >= 11 is 0. The van der Waals surface area contributed by atoms with E-state index < -0.39 is 0 Å². The van der Waals surface area contributed by atoms with Gasteiger partial charge in [0.2, 0.25) is 0 Å². The second-order valence-corrected chi connectivity index (χ2v) is 5.11. The summed E-state index contributed by atoms with van der Waals surface area (Å²) in [6, 6.07) is 1.69. The maximum atomic E-state index is 12.0. The molecule has 2 rings (SSSR count). The molecule has 0 bridgehead atoms. The van der Waals surface area contributed by atoms with Crippen LogP contribution in [-0.2, 0) is 4.74 Å². The summed E-state index contributed by atoms with van der Waals surface area (Å²) in [6.45, 7) is 4.95. The Kier molecular flexibility index (Phi) is 4.09. The molecule has 1 aromatic rings. The summed E-state index contributed by atoms with van der Waals surface area (Å²) < 4.78 is 5.89. The van der Waals surface area contributed by atoms with Crippen molar-refractivity contribution < 1.29 is 9.53 Å². The molecule has 1 amide bonds. The smallest absolute Gasteiger partial charge is 0.269 e. The minimum Gasteiger partial charge on any atom is -0.382 e. The summed E-state index contributed by atoms with van der Waals surface area (Å²) in [4.78, 5) is 12.0. The normalized spacial score (nSPS) is 22.1. The van der Waals surface area contributed by atoms with E-state index in [2.05, 4.69) is 29.4 Å². The Morgan fingerprint density at radius 1 is 1.63 bits per heavy atom. The Bertz CT molecular complexity index is 440. The molecule has 6 heteroatoms. The second kappa shape index (κ2) is 5.61. The first-order valence-electron chi connectivity index (χ1n) is 6.84. The fourth-order valence-electron chi connectivity index (χ4n) is 2.61. The van der Waals surface area contributed by atoms with Gasteiger partial charge in [-0.2, -0.15) is 5.10 Å². The topological polar surface area (TPSA) is 93.0 Å². The number of aromatic amines is 1. The van der Waals surface area contributed by atoms with Gasteiger partial charge in [-0.15, -0.1) is 0 Å². The lowest BCUT2D eigenvalue weighted by Crippen LogP contribution is -2.48. The third-order valence-electron chi connectivity index (χ3n) is 3.96. The SMILES string of the molecule is CCC1(CC)CC(NC(=O)c2cc(N)n[nH]2)CCO1. The van der Waals surface area contributed by atoms with Crippen LogP contribution in [0.15, 0.2) is 6.07 Å².